The molecule has 0 spiro atoms. The van der Waals surface area contributed by atoms with E-state index >= 15 is 0 Å². The monoisotopic (exact) mass is 1210 g/mol. The van der Waals surface area contributed by atoms with E-state index in [1.165, 1.54) is 35.2 Å². The molecule has 4 aromatic rings. The third-order valence-electron chi connectivity index (χ3n) is 13.6. The number of anilines is 2. The number of aliphatic hydroxyl groups is 2. The van der Waals surface area contributed by atoms with Gasteiger partial charge >= 0.3 is 23.5 Å². The lowest BCUT2D eigenvalue weighted by atomic mass is 9.71. The first-order chi connectivity index (χ1) is 37.0. The maximum atomic E-state index is 12.7. The highest BCUT2D eigenvalue weighted by Gasteiger charge is 2.50. The highest BCUT2D eigenvalue weighted by atomic mass is 32.2. The van der Waals surface area contributed by atoms with Crippen LogP contribution in [-0.4, -0.2) is 138 Å². The number of hydrogen-bond donors (Lipinski definition) is 9. The van der Waals surface area contributed by atoms with Crippen LogP contribution < -0.4 is 16.0 Å². The number of rotatable bonds is 27. The predicted molar refractivity (Wildman–Crippen MR) is 283 cm³/mol. The zero-order valence-electron chi connectivity index (χ0n) is 43.1. The molecule has 1 aliphatic carbocycles. The molecule has 9 atom stereocenters. The molecule has 5 unspecified atom stereocenters. The van der Waals surface area contributed by atoms with E-state index in [0.717, 1.165) is 29.0 Å². The van der Waals surface area contributed by atoms with Crippen molar-refractivity contribution < 1.29 is 96.3 Å². The van der Waals surface area contributed by atoms with Gasteiger partial charge in [-0.3, -0.25) is 27.5 Å². The molecule has 4 heterocycles. The quantitative estimate of drug-likeness (QED) is 0.0160. The van der Waals surface area contributed by atoms with Crippen molar-refractivity contribution in [3.8, 4) is 0 Å². The lowest BCUT2D eigenvalue weighted by Crippen LogP contribution is -2.37. The minimum atomic E-state index is -5.81. The summed E-state index contributed by atoms with van der Waals surface area (Å²) in [6.45, 7) is 6.07. The zero-order valence-corrected chi connectivity index (χ0v) is 47.4. The molecule has 0 radical (unpaired) electrons. The summed E-state index contributed by atoms with van der Waals surface area (Å²) in [6.07, 6.45) is 6.51. The summed E-state index contributed by atoms with van der Waals surface area (Å²) in [4.78, 5) is 56.2. The first kappa shape index (κ1) is 61.9. The Morgan fingerprint density at radius 2 is 1.54 bits per heavy atom. The van der Waals surface area contributed by atoms with Gasteiger partial charge in [-0.2, -0.15) is 30.0 Å². The number of aliphatic hydroxyl groups excluding tert-OH is 2. The summed E-state index contributed by atoms with van der Waals surface area (Å²) in [6, 6.07) is 10.5. The Bertz CT molecular complexity index is 3370. The van der Waals surface area contributed by atoms with Gasteiger partial charge in [-0.05, 0) is 94.3 Å². The van der Waals surface area contributed by atoms with Crippen LogP contribution in [0.4, 0.5) is 17.2 Å². The van der Waals surface area contributed by atoms with E-state index in [0.29, 0.717) is 70.3 Å². The number of nitrogens with two attached hydrogens (primary N) is 1. The number of carbonyl (C=O) groups excluding carboxylic acids is 1. The van der Waals surface area contributed by atoms with Crippen LogP contribution in [0.25, 0.3) is 11.2 Å². The Labute approximate surface area is 455 Å². The standard InChI is InChI=1S/C46H63N8O20P3S2/c1-4-52(31-16-18-32(19-17-31)78(64,65)66)35-13-12-14-38-46(3,26-30(35)2)34-25-33(79(67,68)69)20-21-36(34)53(38)23-10-7-8-15-39(55)48-22-9-5-6-11-24-70-75(58,59)73-77(62,63)74-76(60,61)71-27-37-41(56)42(57)45(72-37)54-29-51-40-43(47)49-28-50-44(40)54/h12-14,16-21,25,28-30,37,41-42,45,56-57H,4-11,15,22-24,26-27H2,1-3H3,(H7-,47,48,49,50,55,58,59,60,61,62,63,64,65,66,67,68,69)/p+1/t30?,37-,41-,42-,45-,46?/m1/s1. The molecule has 10 N–H and O–H groups in total. The molecule has 33 heteroatoms. The van der Waals surface area contributed by atoms with Crippen molar-refractivity contribution in [1.29, 1.82) is 0 Å². The van der Waals surface area contributed by atoms with Crippen molar-refractivity contribution in [3.05, 3.63) is 84.6 Å². The number of ether oxygens (including phenoxy) is 1. The first-order valence-electron chi connectivity index (χ1n) is 25.0. The van der Waals surface area contributed by atoms with E-state index in [1.54, 1.807) is 18.2 Å². The lowest BCUT2D eigenvalue weighted by Gasteiger charge is -2.35. The number of phosphoric acid groups is 3. The number of imidazole rings is 1. The van der Waals surface area contributed by atoms with Crippen LogP contribution in [0.2, 0.25) is 0 Å². The largest absolute Gasteiger partial charge is 0.490 e. The van der Waals surface area contributed by atoms with Crippen LogP contribution in [-0.2, 0) is 66.5 Å². The molecule has 1 saturated heterocycles. The second-order valence-corrected chi connectivity index (χ2v) is 26.7. The molecule has 434 valence electrons. The number of aromatic nitrogens is 4. The van der Waals surface area contributed by atoms with E-state index < -0.39 is 86.9 Å². The third-order valence-corrected chi connectivity index (χ3v) is 19.6. The number of fused-ring (bicyclic) bond motifs is 4. The summed E-state index contributed by atoms with van der Waals surface area (Å²) in [5.74, 6) is -0.246. The van der Waals surface area contributed by atoms with Gasteiger partial charge in [-0.25, -0.2) is 28.6 Å². The van der Waals surface area contributed by atoms with Gasteiger partial charge in [0.15, 0.2) is 23.4 Å². The van der Waals surface area contributed by atoms with Crippen molar-refractivity contribution in [2.45, 2.75) is 118 Å². The van der Waals surface area contributed by atoms with Crippen LogP contribution in [0.1, 0.15) is 90.3 Å². The van der Waals surface area contributed by atoms with Crippen LogP contribution >= 0.6 is 23.5 Å². The van der Waals surface area contributed by atoms with Crippen LogP contribution in [0.15, 0.2) is 88.8 Å². The summed E-state index contributed by atoms with van der Waals surface area (Å²) in [7, 11) is -25.6. The molecule has 1 fully saturated rings. The van der Waals surface area contributed by atoms with Crippen molar-refractivity contribution in [3.63, 3.8) is 0 Å². The summed E-state index contributed by atoms with van der Waals surface area (Å²) in [5.41, 5.74) is 9.47. The lowest BCUT2D eigenvalue weighted by molar-refractivity contribution is -0.438. The number of carbonyl (C=O) groups is 1. The van der Waals surface area contributed by atoms with E-state index in [9.17, 15) is 69.3 Å². The zero-order chi connectivity index (χ0) is 57.7. The van der Waals surface area contributed by atoms with Gasteiger partial charge in [-0.15, -0.1) is 0 Å². The topological polar surface area (TPSA) is 412 Å². The molecule has 3 aliphatic rings. The van der Waals surface area contributed by atoms with Gasteiger partial charge in [-0.1, -0.05) is 25.8 Å². The van der Waals surface area contributed by atoms with Crippen molar-refractivity contribution in [2.75, 3.05) is 43.5 Å². The smallest absolute Gasteiger partial charge is 0.387 e. The minimum absolute atomic E-state index is 0.0235. The predicted octanol–water partition coefficient (Wildman–Crippen LogP) is 5.19. The maximum Gasteiger partial charge on any atom is 0.490 e. The molecule has 2 aromatic carbocycles. The van der Waals surface area contributed by atoms with Crippen LogP contribution in [0.3, 0.4) is 0 Å². The number of amides is 1. The number of nitrogen functional groups attached to an aromatic ring is 1. The van der Waals surface area contributed by atoms with Gasteiger partial charge in [0, 0.05) is 55.0 Å². The Kier molecular flexibility index (Phi) is 19.8. The number of allylic oxidation sites excluding steroid dienone is 4. The van der Waals surface area contributed by atoms with E-state index in [2.05, 4.69) is 44.9 Å². The average Bonchev–Trinajstić information content (AvgIpc) is 4.23. The summed E-state index contributed by atoms with van der Waals surface area (Å²) in [5, 5.41) is 23.9. The Balaban J connectivity index is 0.814. The van der Waals surface area contributed by atoms with Gasteiger partial charge in [0.05, 0.1) is 34.7 Å². The van der Waals surface area contributed by atoms with E-state index in [-0.39, 0.29) is 51.4 Å². The molecule has 1 amide bonds. The SMILES string of the molecule is CCN(/C1=C/C=C/C2=[N+](CCCCCC(=O)NCCCCCCOP(=O)(O)OP(=O)(O)OP(=O)(O)OC[C@H]3O[C@@H](n4cnc5c(N)ncnc54)[C@H](O)[C@@H]3O)c3ccc(S(=O)(=O)O)cc3C2(C)CC1C)c1ccc(S(=O)(=O)O)cc1. The summed E-state index contributed by atoms with van der Waals surface area (Å²) < 4.78 is 132. The van der Waals surface area contributed by atoms with Crippen molar-refractivity contribution >= 4 is 83.7 Å². The molecule has 2 aromatic heterocycles. The second-order valence-electron chi connectivity index (χ2n) is 19.2. The number of benzene rings is 2. The molecular weight excluding hydrogens is 1140 g/mol. The third kappa shape index (κ3) is 15.3. The Morgan fingerprint density at radius 1 is 0.886 bits per heavy atom. The van der Waals surface area contributed by atoms with Gasteiger partial charge in [0.2, 0.25) is 11.6 Å². The molecule has 2 aliphatic heterocycles. The molecule has 0 bridgehead atoms. The number of hydrogen-bond acceptors (Lipinski definition) is 20. The van der Waals surface area contributed by atoms with Gasteiger partial charge < -0.3 is 45.6 Å². The van der Waals surface area contributed by atoms with Crippen molar-refractivity contribution in [1.82, 2.24) is 24.8 Å². The fourth-order valence-electron chi connectivity index (χ4n) is 9.89. The van der Waals surface area contributed by atoms with Gasteiger partial charge in [0.1, 0.15) is 36.7 Å². The van der Waals surface area contributed by atoms with Crippen LogP contribution in [0, 0.1) is 5.92 Å². The number of phosphoric ester groups is 2. The number of unbranched alkanes of at least 4 members (excludes halogenated alkanes) is 5. The highest BCUT2D eigenvalue weighted by Crippen LogP contribution is 2.68. The Hall–Kier alpha value is -4.68. The summed E-state index contributed by atoms with van der Waals surface area (Å²) >= 11 is 0. The second kappa shape index (κ2) is 25.2. The van der Waals surface area contributed by atoms with Gasteiger partial charge in [0.25, 0.3) is 20.2 Å². The Morgan fingerprint density at radius 3 is 2.23 bits per heavy atom. The molecule has 7 rings (SSSR count). The average molecular weight is 1210 g/mol. The molecular formula is C46H64N8O20P3S2+. The minimum Gasteiger partial charge on any atom is -0.387 e. The fourth-order valence-corrected chi connectivity index (χ4v) is 14.4. The molecule has 79 heavy (non-hydrogen) atoms. The van der Waals surface area contributed by atoms with E-state index in [4.69, 9.17) is 15.0 Å². The number of nitrogens with zero attached hydrogens (tertiary/aromatic N) is 6. The normalized spacial score (nSPS) is 24.8. The van der Waals surface area contributed by atoms with Crippen molar-refractivity contribution in [2.24, 2.45) is 5.92 Å². The fraction of sp³-hybridized carbons (Fsp3) is 0.500. The first-order valence-corrected chi connectivity index (χ1v) is 32.3. The molecule has 0 saturated carbocycles. The highest BCUT2D eigenvalue weighted by molar-refractivity contribution is 7.86. The number of nitrogens with one attached hydrogen (secondary N) is 1. The molecule has 28 nitrogen and oxygen atoms in total. The maximum absolute atomic E-state index is 12.7. The van der Waals surface area contributed by atoms with E-state index in [1.807, 2.05) is 37.0 Å². The van der Waals surface area contributed by atoms with Crippen LogP contribution in [0.5, 0.6) is 0 Å².